The van der Waals surface area contributed by atoms with Crippen molar-refractivity contribution in [1.29, 1.82) is 0 Å². The molecule has 1 saturated heterocycles. The molecule has 1 aliphatic heterocycles. The Morgan fingerprint density at radius 2 is 2.11 bits per heavy atom. The lowest BCUT2D eigenvalue weighted by atomic mass is 10.2. The molecule has 0 radical (unpaired) electrons. The Morgan fingerprint density at radius 1 is 1.33 bits per heavy atom. The number of nitrogens with one attached hydrogen (secondary N) is 1. The summed E-state index contributed by atoms with van der Waals surface area (Å²) in [6, 6.07) is 8.96. The van der Waals surface area contributed by atoms with Gasteiger partial charge in [0, 0.05) is 13.0 Å². The van der Waals surface area contributed by atoms with Crippen molar-refractivity contribution in [3.63, 3.8) is 0 Å². The molecular weight excluding hydrogens is 234 g/mol. The van der Waals surface area contributed by atoms with Crippen LogP contribution in [0.1, 0.15) is 6.42 Å². The lowest BCUT2D eigenvalue weighted by molar-refractivity contribution is -0.146. The molecule has 5 heteroatoms. The quantitative estimate of drug-likeness (QED) is 0.583. The Bertz CT molecular complexity index is 382. The second-order valence-electron chi connectivity index (χ2n) is 4.18. The Balaban J connectivity index is 1.62. The van der Waals surface area contributed by atoms with Crippen molar-refractivity contribution in [2.45, 2.75) is 18.6 Å². The highest BCUT2D eigenvalue weighted by Crippen LogP contribution is 2.09. The van der Waals surface area contributed by atoms with Gasteiger partial charge in [-0.3, -0.25) is 4.79 Å². The van der Waals surface area contributed by atoms with E-state index in [-0.39, 0.29) is 12.6 Å². The van der Waals surface area contributed by atoms with Gasteiger partial charge >= 0.3 is 5.97 Å². The average molecular weight is 251 g/mol. The number of hydrogen-bond acceptors (Lipinski definition) is 5. The Morgan fingerprint density at radius 3 is 2.78 bits per heavy atom. The first kappa shape index (κ1) is 12.9. The highest BCUT2D eigenvalue weighted by Gasteiger charge is 2.29. The van der Waals surface area contributed by atoms with Crippen LogP contribution in [-0.4, -0.2) is 43.0 Å². The SMILES string of the molecule is O=C(OCCOc1ccccc1)[C@@H]1CC(O)CN1. The molecule has 98 valence electrons. The zero-order chi connectivity index (χ0) is 12.8. The number of para-hydroxylation sites is 1. The van der Waals surface area contributed by atoms with Gasteiger partial charge in [-0.05, 0) is 12.1 Å². The maximum Gasteiger partial charge on any atom is 0.323 e. The number of benzene rings is 1. The standard InChI is InChI=1S/C13H17NO4/c15-10-8-12(14-9-10)13(16)18-7-6-17-11-4-2-1-3-5-11/h1-5,10,12,14-15H,6-9H2/t10?,12-/m0/s1. The van der Waals surface area contributed by atoms with Gasteiger partial charge in [0.1, 0.15) is 25.0 Å². The van der Waals surface area contributed by atoms with Crippen LogP contribution < -0.4 is 10.1 Å². The second-order valence-corrected chi connectivity index (χ2v) is 4.18. The average Bonchev–Trinajstić information content (AvgIpc) is 2.82. The van der Waals surface area contributed by atoms with Gasteiger partial charge in [-0.15, -0.1) is 0 Å². The van der Waals surface area contributed by atoms with Gasteiger partial charge in [-0.1, -0.05) is 18.2 Å². The summed E-state index contributed by atoms with van der Waals surface area (Å²) in [7, 11) is 0. The molecule has 5 nitrogen and oxygen atoms in total. The summed E-state index contributed by atoms with van der Waals surface area (Å²) in [5, 5.41) is 12.2. The Labute approximate surface area is 106 Å². The van der Waals surface area contributed by atoms with Crippen molar-refractivity contribution < 1.29 is 19.4 Å². The summed E-state index contributed by atoms with van der Waals surface area (Å²) in [5.74, 6) is 0.422. The van der Waals surface area contributed by atoms with Gasteiger partial charge in [0.25, 0.3) is 0 Å². The largest absolute Gasteiger partial charge is 0.490 e. The molecule has 1 aromatic rings. The van der Waals surface area contributed by atoms with E-state index in [9.17, 15) is 9.90 Å². The second kappa shape index (κ2) is 6.37. The zero-order valence-electron chi connectivity index (χ0n) is 10.0. The fourth-order valence-electron chi connectivity index (χ4n) is 1.82. The van der Waals surface area contributed by atoms with Gasteiger partial charge in [0.05, 0.1) is 6.10 Å². The predicted octanol–water partition coefficient (Wildman–Crippen LogP) is 0.331. The molecule has 1 unspecified atom stereocenters. The van der Waals surface area contributed by atoms with Crippen LogP contribution in [0.2, 0.25) is 0 Å². The van der Waals surface area contributed by atoms with E-state index in [1.807, 2.05) is 30.3 Å². The number of hydrogen-bond donors (Lipinski definition) is 2. The molecule has 1 aromatic carbocycles. The zero-order valence-corrected chi connectivity index (χ0v) is 10.0. The molecule has 1 fully saturated rings. The van der Waals surface area contributed by atoms with Crippen molar-refractivity contribution in [1.82, 2.24) is 5.32 Å². The molecule has 0 bridgehead atoms. The number of carbonyl (C=O) groups excluding carboxylic acids is 1. The van der Waals surface area contributed by atoms with E-state index in [1.165, 1.54) is 0 Å². The van der Waals surface area contributed by atoms with Crippen LogP contribution in [0, 0.1) is 0 Å². The first-order valence-corrected chi connectivity index (χ1v) is 6.01. The molecular formula is C13H17NO4. The number of aliphatic hydroxyl groups is 1. The Hall–Kier alpha value is -1.59. The summed E-state index contributed by atoms with van der Waals surface area (Å²) >= 11 is 0. The van der Waals surface area contributed by atoms with Crippen LogP contribution in [0.5, 0.6) is 5.75 Å². The fourth-order valence-corrected chi connectivity index (χ4v) is 1.82. The number of rotatable bonds is 5. The molecule has 18 heavy (non-hydrogen) atoms. The van der Waals surface area contributed by atoms with Crippen LogP contribution in [0.3, 0.4) is 0 Å². The molecule has 1 heterocycles. The van der Waals surface area contributed by atoms with E-state index >= 15 is 0 Å². The maximum atomic E-state index is 11.6. The molecule has 1 aliphatic rings. The molecule has 0 aromatic heterocycles. The van der Waals surface area contributed by atoms with E-state index in [4.69, 9.17) is 9.47 Å². The molecule has 0 aliphatic carbocycles. The minimum Gasteiger partial charge on any atom is -0.490 e. The van der Waals surface area contributed by atoms with Gasteiger partial charge in [-0.25, -0.2) is 0 Å². The summed E-state index contributed by atoms with van der Waals surface area (Å²) in [5.41, 5.74) is 0. The van der Waals surface area contributed by atoms with Crippen LogP contribution in [-0.2, 0) is 9.53 Å². The van der Waals surface area contributed by atoms with Gasteiger partial charge in [0.15, 0.2) is 0 Å². The lowest BCUT2D eigenvalue weighted by Gasteiger charge is -2.10. The van der Waals surface area contributed by atoms with E-state index in [0.717, 1.165) is 5.75 Å². The first-order chi connectivity index (χ1) is 8.75. The monoisotopic (exact) mass is 251 g/mol. The van der Waals surface area contributed by atoms with Crippen molar-refractivity contribution in [3.05, 3.63) is 30.3 Å². The first-order valence-electron chi connectivity index (χ1n) is 6.01. The minimum atomic E-state index is -0.455. The van der Waals surface area contributed by atoms with Crippen LogP contribution in [0.25, 0.3) is 0 Å². The van der Waals surface area contributed by atoms with Crippen molar-refractivity contribution >= 4 is 5.97 Å². The number of β-amino-alcohol motifs (C(OH)–C–C–N with tert-alkyl or cyclic N) is 1. The number of carbonyl (C=O) groups is 1. The van der Waals surface area contributed by atoms with Gasteiger partial charge < -0.3 is 19.9 Å². The topological polar surface area (TPSA) is 67.8 Å². The summed E-state index contributed by atoms with van der Waals surface area (Å²) in [6.45, 7) is 0.979. The molecule has 2 N–H and O–H groups in total. The van der Waals surface area contributed by atoms with E-state index in [0.29, 0.717) is 19.6 Å². The third-order valence-electron chi connectivity index (χ3n) is 2.73. The third kappa shape index (κ3) is 3.72. The van der Waals surface area contributed by atoms with Crippen molar-refractivity contribution in [2.75, 3.05) is 19.8 Å². The third-order valence-corrected chi connectivity index (χ3v) is 2.73. The molecule has 0 amide bonds. The fraction of sp³-hybridized carbons (Fsp3) is 0.462. The highest BCUT2D eigenvalue weighted by atomic mass is 16.6. The number of aliphatic hydroxyl groups excluding tert-OH is 1. The van der Waals surface area contributed by atoms with Crippen molar-refractivity contribution in [2.24, 2.45) is 0 Å². The normalized spacial score (nSPS) is 22.7. The Kier molecular flexibility index (Phi) is 4.55. The van der Waals surface area contributed by atoms with Crippen LogP contribution in [0.15, 0.2) is 30.3 Å². The number of ether oxygens (including phenoxy) is 2. The molecule has 0 saturated carbocycles. The summed E-state index contributed by atoms with van der Waals surface area (Å²) < 4.78 is 10.5. The summed E-state index contributed by atoms with van der Waals surface area (Å²) in [4.78, 5) is 11.6. The van der Waals surface area contributed by atoms with Gasteiger partial charge in [-0.2, -0.15) is 0 Å². The molecule has 0 spiro atoms. The smallest absolute Gasteiger partial charge is 0.323 e. The highest BCUT2D eigenvalue weighted by molar-refractivity contribution is 5.76. The molecule has 2 atom stereocenters. The molecule has 2 rings (SSSR count). The van der Waals surface area contributed by atoms with E-state index in [2.05, 4.69) is 5.32 Å². The van der Waals surface area contributed by atoms with Gasteiger partial charge in [0.2, 0.25) is 0 Å². The summed E-state index contributed by atoms with van der Waals surface area (Å²) in [6.07, 6.45) is -0.0404. The maximum absolute atomic E-state index is 11.6. The van der Waals surface area contributed by atoms with Crippen molar-refractivity contribution in [3.8, 4) is 5.75 Å². The lowest BCUT2D eigenvalue weighted by Crippen LogP contribution is -2.33. The number of esters is 1. The minimum absolute atomic E-state index is 0.210. The van der Waals surface area contributed by atoms with E-state index in [1.54, 1.807) is 0 Å². The van der Waals surface area contributed by atoms with Crippen LogP contribution in [0.4, 0.5) is 0 Å². The predicted molar refractivity (Wildman–Crippen MR) is 65.3 cm³/mol. The van der Waals surface area contributed by atoms with E-state index < -0.39 is 12.1 Å². The van der Waals surface area contributed by atoms with Crippen LogP contribution >= 0.6 is 0 Å².